The Hall–Kier alpha value is -2.90. The summed E-state index contributed by atoms with van der Waals surface area (Å²) >= 11 is 1.03. The van der Waals surface area contributed by atoms with Crippen LogP contribution in [0.3, 0.4) is 0 Å². The quantitative estimate of drug-likeness (QED) is 0.191. The molecule has 2 saturated carbocycles. The molecular weight excluding hydrogens is 719 g/mol. The molecule has 3 heterocycles. The van der Waals surface area contributed by atoms with E-state index in [0.29, 0.717) is 12.8 Å². The molecule has 12 nitrogen and oxygen atoms in total. The smallest absolute Gasteiger partial charge is 0.303 e. The lowest BCUT2D eigenvalue weighted by Gasteiger charge is -2.50. The van der Waals surface area contributed by atoms with Crippen molar-refractivity contribution >= 4 is 23.7 Å². The molecule has 2 saturated heterocycles. The van der Waals surface area contributed by atoms with Crippen LogP contribution in [-0.4, -0.2) is 116 Å². The number of benzene rings is 1. The number of alkyl halides is 2. The number of piperidine rings is 1. The first kappa shape index (κ1) is 38.8. The van der Waals surface area contributed by atoms with Crippen molar-refractivity contribution in [2.24, 2.45) is 5.41 Å². The average Bonchev–Trinajstić information content (AvgIpc) is 3.68. The molecule has 2 aliphatic carbocycles. The third-order valence-corrected chi connectivity index (χ3v) is 12.5. The Kier molecular flexibility index (Phi) is 11.3. The standard InChI is InChI=1S/C34H43F5N4O8S/c1-18(44)49-17-24-27(50-19(2)45)26(43-16-23(40-41-43)20-14-21(35)25(37)22(36)15-20)28(48-3)31(51-24)52-29(30(46)42-12-10-34(38,39)11-13-42)33(47)8-6-32(4-5-32)7-9-33/h14-16,24,26-31,46-47H,4-13,17H2,1-3H3/t24-,26+,27+,28-,29?,30?,31+/m1/s1. The van der Waals surface area contributed by atoms with Crippen LogP contribution >= 0.6 is 11.8 Å². The van der Waals surface area contributed by atoms with E-state index in [4.69, 9.17) is 18.9 Å². The number of thioether (sulfide) groups is 1. The number of carbonyl (C=O) groups excluding carboxylic acids is 2. The van der Waals surface area contributed by atoms with Crippen molar-refractivity contribution in [3.8, 4) is 11.3 Å². The van der Waals surface area contributed by atoms with E-state index in [2.05, 4.69) is 10.3 Å². The molecule has 1 aromatic carbocycles. The van der Waals surface area contributed by atoms with Gasteiger partial charge in [-0.15, -0.1) is 16.9 Å². The first-order valence-corrected chi connectivity index (χ1v) is 18.2. The summed E-state index contributed by atoms with van der Waals surface area (Å²) in [6.07, 6.45) is -0.272. The van der Waals surface area contributed by atoms with E-state index in [0.717, 1.165) is 56.5 Å². The second-order valence-corrected chi connectivity index (χ2v) is 15.7. The number of aromatic nitrogens is 3. The lowest BCUT2D eigenvalue weighted by atomic mass is 9.74. The molecule has 52 heavy (non-hydrogen) atoms. The molecule has 18 heteroatoms. The third-order valence-electron chi connectivity index (χ3n) is 10.9. The number of likely N-dealkylation sites (tertiary alicyclic amines) is 1. The van der Waals surface area contributed by atoms with Crippen LogP contribution in [0.2, 0.25) is 0 Å². The minimum absolute atomic E-state index is 0.0674. The summed E-state index contributed by atoms with van der Waals surface area (Å²) < 4.78 is 95.0. The van der Waals surface area contributed by atoms with Gasteiger partial charge in [0.25, 0.3) is 5.92 Å². The van der Waals surface area contributed by atoms with Crippen LogP contribution in [0.1, 0.15) is 71.3 Å². The molecule has 2 aliphatic heterocycles. The second-order valence-electron chi connectivity index (χ2n) is 14.4. The van der Waals surface area contributed by atoms with Gasteiger partial charge in [0.1, 0.15) is 42.2 Å². The molecule has 288 valence electrons. The zero-order valence-electron chi connectivity index (χ0n) is 29.0. The van der Waals surface area contributed by atoms with Crippen LogP contribution in [0.5, 0.6) is 0 Å². The number of carbonyl (C=O) groups is 2. The molecule has 2 N–H and O–H groups in total. The van der Waals surface area contributed by atoms with E-state index < -0.39 is 102 Å². The summed E-state index contributed by atoms with van der Waals surface area (Å²) in [4.78, 5) is 25.9. The van der Waals surface area contributed by atoms with Gasteiger partial charge < -0.3 is 29.2 Å². The molecule has 6 rings (SSSR count). The number of aliphatic hydroxyl groups is 2. The highest BCUT2D eigenvalue weighted by Gasteiger charge is 2.57. The van der Waals surface area contributed by atoms with E-state index >= 15 is 0 Å². The fourth-order valence-electron chi connectivity index (χ4n) is 7.59. The van der Waals surface area contributed by atoms with Crippen molar-refractivity contribution in [1.82, 2.24) is 19.9 Å². The molecule has 0 radical (unpaired) electrons. The Morgan fingerprint density at radius 3 is 2.17 bits per heavy atom. The summed E-state index contributed by atoms with van der Waals surface area (Å²) in [5.41, 5.74) is -2.58. The average molecular weight is 763 g/mol. The van der Waals surface area contributed by atoms with Gasteiger partial charge in [-0.3, -0.25) is 14.5 Å². The van der Waals surface area contributed by atoms with Crippen LogP contribution in [0.4, 0.5) is 22.0 Å². The van der Waals surface area contributed by atoms with Gasteiger partial charge in [0.2, 0.25) is 0 Å². The lowest BCUT2D eigenvalue weighted by Crippen LogP contribution is -2.61. The Labute approximate surface area is 301 Å². The van der Waals surface area contributed by atoms with E-state index in [1.165, 1.54) is 29.8 Å². The molecule has 0 amide bonds. The zero-order valence-corrected chi connectivity index (χ0v) is 29.8. The summed E-state index contributed by atoms with van der Waals surface area (Å²) in [6.45, 7) is 1.70. The maximum absolute atomic E-state index is 14.2. The topological polar surface area (TPSA) is 145 Å². The third kappa shape index (κ3) is 8.26. The van der Waals surface area contributed by atoms with Crippen molar-refractivity contribution in [2.75, 3.05) is 26.8 Å². The predicted octanol–water partition coefficient (Wildman–Crippen LogP) is 4.37. The van der Waals surface area contributed by atoms with Crippen LogP contribution in [0, 0.1) is 22.9 Å². The fraction of sp³-hybridized carbons (Fsp3) is 0.706. The fourth-order valence-corrected chi connectivity index (χ4v) is 9.31. The number of nitrogens with zero attached hydrogens (tertiary/aromatic N) is 4. The molecule has 7 atom stereocenters. The van der Waals surface area contributed by atoms with E-state index in [1.54, 1.807) is 0 Å². The van der Waals surface area contributed by atoms with Crippen LogP contribution in [0.25, 0.3) is 11.3 Å². The van der Waals surface area contributed by atoms with Gasteiger partial charge in [0.15, 0.2) is 23.6 Å². The molecule has 4 aliphatic rings. The van der Waals surface area contributed by atoms with Gasteiger partial charge in [-0.05, 0) is 56.1 Å². The van der Waals surface area contributed by atoms with Crippen molar-refractivity contribution in [3.63, 3.8) is 0 Å². The van der Waals surface area contributed by atoms with E-state index in [9.17, 15) is 41.8 Å². The van der Waals surface area contributed by atoms with Crippen molar-refractivity contribution in [1.29, 1.82) is 0 Å². The van der Waals surface area contributed by atoms with Crippen molar-refractivity contribution in [3.05, 3.63) is 35.8 Å². The van der Waals surface area contributed by atoms with E-state index in [-0.39, 0.29) is 29.8 Å². The van der Waals surface area contributed by atoms with E-state index in [1.807, 2.05) is 0 Å². The van der Waals surface area contributed by atoms with Gasteiger partial charge in [-0.1, -0.05) is 5.21 Å². The molecular formula is C34H43F5N4O8S. The van der Waals surface area contributed by atoms with Crippen LogP contribution in [0.15, 0.2) is 18.3 Å². The van der Waals surface area contributed by atoms with Gasteiger partial charge in [-0.25, -0.2) is 26.6 Å². The number of methoxy groups -OCH3 is 1. The number of hydrogen-bond donors (Lipinski definition) is 2. The number of hydrogen-bond acceptors (Lipinski definition) is 12. The van der Waals surface area contributed by atoms with Gasteiger partial charge in [-0.2, -0.15) is 0 Å². The largest absolute Gasteiger partial charge is 0.463 e. The lowest BCUT2D eigenvalue weighted by molar-refractivity contribution is -0.208. The first-order valence-electron chi connectivity index (χ1n) is 17.3. The second kappa shape index (κ2) is 15.1. The van der Waals surface area contributed by atoms with Gasteiger partial charge in [0, 0.05) is 52.5 Å². The maximum atomic E-state index is 14.2. The Morgan fingerprint density at radius 2 is 1.62 bits per heavy atom. The Morgan fingerprint density at radius 1 is 1.00 bits per heavy atom. The van der Waals surface area contributed by atoms with Crippen molar-refractivity contribution in [2.45, 2.75) is 118 Å². The minimum atomic E-state index is -2.88. The molecule has 2 aromatic rings. The Bertz CT molecular complexity index is 1590. The first-order chi connectivity index (χ1) is 24.5. The highest BCUT2D eigenvalue weighted by molar-refractivity contribution is 8.00. The number of aliphatic hydroxyl groups excluding tert-OH is 1. The maximum Gasteiger partial charge on any atom is 0.303 e. The number of ether oxygens (including phenoxy) is 4. The number of halogens is 5. The molecule has 1 spiro atoms. The minimum Gasteiger partial charge on any atom is -0.463 e. The monoisotopic (exact) mass is 762 g/mol. The highest BCUT2D eigenvalue weighted by Crippen LogP contribution is 2.59. The predicted molar refractivity (Wildman–Crippen MR) is 174 cm³/mol. The van der Waals surface area contributed by atoms with Gasteiger partial charge in [0.05, 0.1) is 17.0 Å². The van der Waals surface area contributed by atoms with Crippen molar-refractivity contribution < 1.29 is 60.7 Å². The molecule has 2 unspecified atom stereocenters. The zero-order chi connectivity index (χ0) is 37.6. The van der Waals surface area contributed by atoms with Gasteiger partial charge >= 0.3 is 11.9 Å². The molecule has 0 bridgehead atoms. The van der Waals surface area contributed by atoms with Crippen LogP contribution in [-0.2, 0) is 28.5 Å². The van der Waals surface area contributed by atoms with Crippen LogP contribution < -0.4 is 0 Å². The molecule has 1 aromatic heterocycles. The summed E-state index contributed by atoms with van der Waals surface area (Å²) in [7, 11) is 1.35. The number of esters is 2. The normalized spacial score (nSPS) is 29.3. The summed E-state index contributed by atoms with van der Waals surface area (Å²) in [6, 6.07) is 0.379. The summed E-state index contributed by atoms with van der Waals surface area (Å²) in [5.74, 6) is -8.84. The number of rotatable bonds is 11. The Balaban J connectivity index is 1.37. The highest BCUT2D eigenvalue weighted by atomic mass is 32.2. The summed E-state index contributed by atoms with van der Waals surface area (Å²) in [5, 5.41) is 31.3. The molecule has 4 fully saturated rings. The SMILES string of the molecule is CO[C@@H]1[C@@H](n2cc(-c3cc(F)c(F)c(F)c3)nn2)[C@@H](OC(C)=O)[C@@H](COC(C)=O)O[C@H]1SC(C(O)N1CCC(F)(F)CC1)C1(O)CCC2(CC2)CC1.